The van der Waals surface area contributed by atoms with Crippen molar-refractivity contribution in [3.63, 3.8) is 0 Å². The second kappa shape index (κ2) is 4.23. The first-order valence-electron chi connectivity index (χ1n) is 2.19. The maximum atomic E-state index is 11.8. The molecule has 0 amide bonds. The molecule has 0 heterocycles. The van der Waals surface area contributed by atoms with Gasteiger partial charge in [0.05, 0.1) is 13.2 Å². The number of hydrogen-bond acceptors (Lipinski definition) is 3. The van der Waals surface area contributed by atoms with Crippen molar-refractivity contribution in [2.24, 2.45) is 0 Å². The van der Waals surface area contributed by atoms with Gasteiger partial charge in [0.1, 0.15) is 0 Å². The van der Waals surface area contributed by atoms with Crippen LogP contribution in [0.1, 0.15) is 0 Å². The van der Waals surface area contributed by atoms with Crippen molar-refractivity contribution < 1.29 is 18.0 Å². The summed E-state index contributed by atoms with van der Waals surface area (Å²) >= 11 is 4.58. The van der Waals surface area contributed by atoms with Crippen molar-refractivity contribution in [3.8, 4) is 0 Å². The fourth-order valence-electron chi connectivity index (χ4n) is 0.227. The number of hydrogen-bond donors (Lipinski definition) is 0. The molecule has 1 unspecified atom stereocenters. The van der Waals surface area contributed by atoms with E-state index in [0.717, 1.165) is 0 Å². The van der Waals surface area contributed by atoms with Gasteiger partial charge in [0.15, 0.2) is 0 Å². The van der Waals surface area contributed by atoms with Gasteiger partial charge in [-0.3, -0.25) is 4.52 Å². The summed E-state index contributed by atoms with van der Waals surface area (Å²) in [6.07, 6.45) is 0. The highest BCUT2D eigenvalue weighted by Gasteiger charge is 2.15. The normalized spacial score (nSPS) is 17.2. The molecule has 0 saturated carbocycles. The summed E-state index contributed by atoms with van der Waals surface area (Å²) in [5, 5.41) is 0. The summed E-state index contributed by atoms with van der Waals surface area (Å²) in [5.74, 6) is 0. The molecule has 0 fully saturated rings. The van der Waals surface area contributed by atoms with Crippen molar-refractivity contribution in [1.29, 1.82) is 0 Å². The van der Waals surface area contributed by atoms with Crippen molar-refractivity contribution in [2.75, 3.05) is 20.3 Å². The molecule has 0 aliphatic carbocycles. The molecule has 0 aromatic rings. The first-order valence-corrected chi connectivity index (χ1v) is 4.61. The topological polar surface area (TPSA) is 35.5 Å². The van der Waals surface area contributed by atoms with Crippen LogP contribution in [0.4, 0.5) is 4.20 Å². The SMILES string of the molecule is COCCOP(=O)(F)Cl. The van der Waals surface area contributed by atoms with Gasteiger partial charge in [0.2, 0.25) is 0 Å². The third kappa shape index (κ3) is 8.37. The molecular formula is C3H7ClFO3P. The molecule has 0 spiro atoms. The van der Waals surface area contributed by atoms with Gasteiger partial charge in [-0.05, 0) is 0 Å². The van der Waals surface area contributed by atoms with Crippen molar-refractivity contribution in [1.82, 2.24) is 0 Å². The lowest BCUT2D eigenvalue weighted by atomic mass is 10.8. The minimum Gasteiger partial charge on any atom is -0.382 e. The lowest BCUT2D eigenvalue weighted by Crippen LogP contribution is -1.96. The van der Waals surface area contributed by atoms with Crippen molar-refractivity contribution >= 4 is 18.3 Å². The summed E-state index contributed by atoms with van der Waals surface area (Å²) < 4.78 is 30.1. The Labute approximate surface area is 57.5 Å². The first-order chi connectivity index (χ1) is 4.06. The van der Waals surface area contributed by atoms with Gasteiger partial charge in [-0.1, -0.05) is 0 Å². The molecule has 0 aliphatic heterocycles. The quantitative estimate of drug-likeness (QED) is 0.485. The fourth-order valence-corrected chi connectivity index (χ4v) is 0.721. The van der Waals surface area contributed by atoms with E-state index in [4.69, 9.17) is 0 Å². The Bertz CT molecular complexity index is 114. The van der Waals surface area contributed by atoms with E-state index in [1.165, 1.54) is 7.11 Å². The predicted octanol–water partition coefficient (Wildman–Crippen LogP) is 1.97. The van der Waals surface area contributed by atoms with E-state index in [2.05, 4.69) is 20.5 Å². The van der Waals surface area contributed by atoms with E-state index in [1.807, 2.05) is 0 Å². The lowest BCUT2D eigenvalue weighted by molar-refractivity contribution is 0.145. The maximum absolute atomic E-state index is 11.8. The van der Waals surface area contributed by atoms with Gasteiger partial charge in [0, 0.05) is 18.4 Å². The number of rotatable bonds is 4. The molecule has 0 radical (unpaired) electrons. The Hall–Kier alpha value is 0.370. The van der Waals surface area contributed by atoms with Crippen LogP contribution >= 0.6 is 18.3 Å². The highest BCUT2D eigenvalue weighted by molar-refractivity contribution is 7.81. The van der Waals surface area contributed by atoms with Gasteiger partial charge in [0.25, 0.3) is 0 Å². The van der Waals surface area contributed by atoms with E-state index in [1.54, 1.807) is 0 Å². The second-order valence-corrected chi connectivity index (χ2v) is 3.54. The minimum atomic E-state index is -4.30. The zero-order valence-electron chi connectivity index (χ0n) is 4.84. The molecule has 6 heteroatoms. The maximum Gasteiger partial charge on any atom is 0.461 e. The highest BCUT2D eigenvalue weighted by atomic mass is 35.7. The van der Waals surface area contributed by atoms with Crippen LogP contribution in [0.2, 0.25) is 0 Å². The fraction of sp³-hybridized carbons (Fsp3) is 1.00. The lowest BCUT2D eigenvalue weighted by Gasteiger charge is -1.99. The second-order valence-electron chi connectivity index (χ2n) is 1.24. The zero-order chi connectivity index (χ0) is 7.33. The third-order valence-corrected chi connectivity index (χ3v) is 1.30. The highest BCUT2D eigenvalue weighted by Crippen LogP contribution is 2.53. The minimum absolute atomic E-state index is 0.0895. The largest absolute Gasteiger partial charge is 0.461 e. The Morgan fingerprint density at radius 2 is 2.22 bits per heavy atom. The van der Waals surface area contributed by atoms with E-state index < -0.39 is 7.03 Å². The molecule has 0 aromatic heterocycles. The smallest absolute Gasteiger partial charge is 0.382 e. The molecule has 0 saturated heterocycles. The van der Waals surface area contributed by atoms with Crippen LogP contribution in [-0.4, -0.2) is 20.3 Å². The van der Waals surface area contributed by atoms with Crippen molar-refractivity contribution in [3.05, 3.63) is 0 Å². The summed E-state index contributed by atoms with van der Waals surface area (Å²) in [6, 6.07) is 0. The molecule has 0 aliphatic rings. The first kappa shape index (κ1) is 9.37. The van der Waals surface area contributed by atoms with Crippen LogP contribution in [0, 0.1) is 0 Å². The standard InChI is InChI=1S/C3H7ClFO3P/c1-7-2-3-8-9(4,5)6/h2-3H2,1H3. The Morgan fingerprint density at radius 3 is 2.56 bits per heavy atom. The summed E-state index contributed by atoms with van der Waals surface area (Å²) in [6.45, 7) is 0.0917. The molecule has 1 atom stereocenters. The molecular weight excluding hydrogens is 169 g/mol. The van der Waals surface area contributed by atoms with Crippen LogP contribution < -0.4 is 0 Å². The van der Waals surface area contributed by atoms with Crippen LogP contribution in [0.5, 0.6) is 0 Å². The van der Waals surface area contributed by atoms with E-state index in [9.17, 15) is 8.76 Å². The number of methoxy groups -OCH3 is 1. The van der Waals surface area contributed by atoms with E-state index >= 15 is 0 Å². The summed E-state index contributed by atoms with van der Waals surface area (Å²) in [7, 11) is -2.89. The van der Waals surface area contributed by atoms with Crippen LogP contribution in [0.25, 0.3) is 0 Å². The summed E-state index contributed by atoms with van der Waals surface area (Å²) in [4.78, 5) is 0. The monoisotopic (exact) mass is 176 g/mol. The van der Waals surface area contributed by atoms with Crippen molar-refractivity contribution in [2.45, 2.75) is 0 Å². The molecule has 3 nitrogen and oxygen atoms in total. The average molecular weight is 177 g/mol. The zero-order valence-corrected chi connectivity index (χ0v) is 6.49. The Kier molecular flexibility index (Phi) is 4.40. The third-order valence-electron chi connectivity index (χ3n) is 0.529. The summed E-state index contributed by atoms with van der Waals surface area (Å²) in [5.41, 5.74) is 0. The molecule has 9 heavy (non-hydrogen) atoms. The number of halogens is 2. The van der Waals surface area contributed by atoms with Gasteiger partial charge in [-0.15, -0.1) is 4.20 Å². The molecule has 0 aromatic carbocycles. The van der Waals surface area contributed by atoms with Crippen LogP contribution in [0.3, 0.4) is 0 Å². The molecule has 0 bridgehead atoms. The van der Waals surface area contributed by atoms with Gasteiger partial charge in [-0.25, -0.2) is 4.57 Å². The Balaban J connectivity index is 3.18. The van der Waals surface area contributed by atoms with Crippen LogP contribution in [0.15, 0.2) is 0 Å². The van der Waals surface area contributed by atoms with E-state index in [0.29, 0.717) is 0 Å². The van der Waals surface area contributed by atoms with Gasteiger partial charge >= 0.3 is 7.03 Å². The average Bonchev–Trinajstić information content (AvgIpc) is 1.63. The molecule has 0 rings (SSSR count). The number of ether oxygens (including phenoxy) is 1. The van der Waals surface area contributed by atoms with Crippen LogP contribution in [-0.2, 0) is 13.8 Å². The van der Waals surface area contributed by atoms with E-state index in [-0.39, 0.29) is 13.2 Å². The molecule has 0 N–H and O–H groups in total. The Morgan fingerprint density at radius 1 is 1.67 bits per heavy atom. The predicted molar refractivity (Wildman–Crippen MR) is 32.4 cm³/mol. The van der Waals surface area contributed by atoms with Gasteiger partial charge < -0.3 is 4.74 Å². The molecule has 56 valence electrons. The van der Waals surface area contributed by atoms with Gasteiger partial charge in [-0.2, -0.15) is 0 Å².